The van der Waals surface area contributed by atoms with Crippen LogP contribution in [0.4, 0.5) is 0 Å². The van der Waals surface area contributed by atoms with Gasteiger partial charge in [0.1, 0.15) is 5.78 Å². The number of nitrogens with zero attached hydrogens (tertiary/aromatic N) is 2. The number of carbonyl (C=O) groups is 2. The summed E-state index contributed by atoms with van der Waals surface area (Å²) in [6.07, 6.45) is 6.02. The van der Waals surface area contributed by atoms with E-state index < -0.39 is 0 Å². The van der Waals surface area contributed by atoms with Gasteiger partial charge in [-0.3, -0.25) is 9.59 Å². The minimum atomic E-state index is 0.0631. The second-order valence-corrected chi connectivity index (χ2v) is 7.22. The lowest BCUT2D eigenvalue weighted by Crippen LogP contribution is -2.52. The van der Waals surface area contributed by atoms with E-state index in [0.29, 0.717) is 11.7 Å². The molecule has 23 heavy (non-hydrogen) atoms. The zero-order valence-electron chi connectivity index (χ0n) is 15.4. The van der Waals surface area contributed by atoms with Crippen LogP contribution in [0.1, 0.15) is 66.2 Å². The van der Waals surface area contributed by atoms with Crippen LogP contribution in [0, 0.1) is 11.8 Å². The predicted octanol–water partition coefficient (Wildman–Crippen LogP) is 3.10. The first-order chi connectivity index (χ1) is 11.1. The topological polar surface area (TPSA) is 40.6 Å². The third-order valence-corrected chi connectivity index (χ3v) is 5.95. The van der Waals surface area contributed by atoms with Gasteiger partial charge in [-0.2, -0.15) is 0 Å². The van der Waals surface area contributed by atoms with Crippen molar-refractivity contribution in [3.8, 4) is 0 Å². The van der Waals surface area contributed by atoms with Crippen LogP contribution in [0.3, 0.4) is 0 Å². The predicted molar refractivity (Wildman–Crippen MR) is 93.3 cm³/mol. The quantitative estimate of drug-likeness (QED) is 0.801. The molecule has 1 spiro atoms. The molecule has 2 saturated heterocycles. The highest BCUT2D eigenvalue weighted by Crippen LogP contribution is 2.50. The van der Waals surface area contributed by atoms with Crippen LogP contribution in [-0.2, 0) is 9.59 Å². The summed E-state index contributed by atoms with van der Waals surface area (Å²) in [6, 6.07) is 0. The van der Waals surface area contributed by atoms with E-state index in [1.165, 1.54) is 0 Å². The summed E-state index contributed by atoms with van der Waals surface area (Å²) in [5, 5.41) is 0. The van der Waals surface area contributed by atoms with Crippen LogP contribution in [0.2, 0.25) is 0 Å². The average Bonchev–Trinajstić information content (AvgIpc) is 3.35. The molecule has 1 atom stereocenters. The maximum atomic E-state index is 12.9. The Morgan fingerprint density at radius 2 is 1.57 bits per heavy atom. The number of piperidine rings is 2. The molecule has 132 valence electrons. The van der Waals surface area contributed by atoms with Gasteiger partial charge in [0.15, 0.2) is 0 Å². The average molecular weight is 322 g/mol. The number of rotatable bonds is 3. The summed E-state index contributed by atoms with van der Waals surface area (Å²) in [5.74, 6) is 1.10. The number of carbonyl (C=O) groups excluding carboxylic acids is 2. The molecular weight excluding hydrogens is 288 g/mol. The Morgan fingerprint density at radius 1 is 1.00 bits per heavy atom. The maximum Gasteiger partial charge on any atom is 0.226 e. The highest BCUT2D eigenvalue weighted by atomic mass is 16.2. The van der Waals surface area contributed by atoms with Crippen LogP contribution in [0.5, 0.6) is 0 Å². The number of hydrogen-bond acceptors (Lipinski definition) is 3. The molecular formula is C19H34N2O2. The van der Waals surface area contributed by atoms with Crippen molar-refractivity contribution in [2.45, 2.75) is 71.8 Å². The molecule has 1 aliphatic carbocycles. The molecule has 3 fully saturated rings. The fourth-order valence-corrected chi connectivity index (χ4v) is 4.22. The van der Waals surface area contributed by atoms with Gasteiger partial charge in [0.2, 0.25) is 5.91 Å². The molecule has 2 aliphatic heterocycles. The lowest BCUT2D eigenvalue weighted by Gasteiger charge is -2.42. The van der Waals surface area contributed by atoms with Crippen molar-refractivity contribution in [1.82, 2.24) is 9.80 Å². The van der Waals surface area contributed by atoms with Crippen molar-refractivity contribution in [1.29, 1.82) is 0 Å². The molecule has 2 heterocycles. The van der Waals surface area contributed by atoms with E-state index in [-0.39, 0.29) is 17.4 Å². The van der Waals surface area contributed by atoms with Crippen molar-refractivity contribution in [2.24, 2.45) is 11.8 Å². The zero-order valence-corrected chi connectivity index (χ0v) is 15.4. The van der Waals surface area contributed by atoms with Gasteiger partial charge in [-0.25, -0.2) is 0 Å². The second-order valence-electron chi connectivity index (χ2n) is 7.22. The molecule has 1 saturated carbocycles. The number of likely N-dealkylation sites (tertiary alicyclic amines) is 2. The minimum absolute atomic E-state index is 0.0631. The van der Waals surface area contributed by atoms with E-state index in [0.717, 1.165) is 64.7 Å². The molecule has 4 nitrogen and oxygen atoms in total. The molecule has 0 N–H and O–H groups in total. The summed E-state index contributed by atoms with van der Waals surface area (Å²) in [5.41, 5.74) is 0.0631. The fourth-order valence-electron chi connectivity index (χ4n) is 4.22. The van der Waals surface area contributed by atoms with Crippen molar-refractivity contribution >= 4 is 11.7 Å². The normalized spacial score (nSPS) is 27.3. The summed E-state index contributed by atoms with van der Waals surface area (Å²) >= 11 is 0. The first-order valence-electron chi connectivity index (χ1n) is 9.60. The highest BCUT2D eigenvalue weighted by molar-refractivity contribution is 5.82. The number of ketones is 1. The lowest BCUT2D eigenvalue weighted by molar-refractivity contribution is -0.144. The molecule has 0 bridgehead atoms. The van der Waals surface area contributed by atoms with Gasteiger partial charge in [0, 0.05) is 23.9 Å². The van der Waals surface area contributed by atoms with Crippen LogP contribution < -0.4 is 0 Å². The van der Waals surface area contributed by atoms with E-state index >= 15 is 0 Å². The standard InChI is InChI=1S/C17H28N2O2.C2H6/c1-3-18-9-4-14(5-10-18)16(21)19-11-6-15(13(2)20)12-17(19)7-8-17;1-2/h14-15H,3-12H2,1-2H3;1-2H3. The third-order valence-electron chi connectivity index (χ3n) is 5.95. The Kier molecular flexibility index (Phi) is 6.24. The third kappa shape index (κ3) is 3.96. The van der Waals surface area contributed by atoms with Crippen LogP contribution >= 0.6 is 0 Å². The van der Waals surface area contributed by atoms with E-state index in [1.54, 1.807) is 6.92 Å². The van der Waals surface area contributed by atoms with Gasteiger partial charge in [-0.15, -0.1) is 0 Å². The Labute approximate surface area is 141 Å². The smallest absolute Gasteiger partial charge is 0.226 e. The fraction of sp³-hybridized carbons (Fsp3) is 0.895. The Balaban J connectivity index is 0.000000924. The van der Waals surface area contributed by atoms with E-state index in [2.05, 4.69) is 16.7 Å². The van der Waals surface area contributed by atoms with Crippen molar-refractivity contribution < 1.29 is 9.59 Å². The molecule has 0 aromatic rings. The molecule has 1 unspecified atom stereocenters. The summed E-state index contributed by atoms with van der Waals surface area (Å²) in [4.78, 5) is 29.2. The zero-order chi connectivity index (χ0) is 17.0. The number of Topliss-reactive ketones (excluding diaryl/α,β-unsaturated/α-hetero) is 1. The summed E-state index contributed by atoms with van der Waals surface area (Å²) in [6.45, 7) is 11.9. The molecule has 0 aromatic carbocycles. The Hall–Kier alpha value is -0.900. The summed E-state index contributed by atoms with van der Waals surface area (Å²) in [7, 11) is 0. The van der Waals surface area contributed by atoms with E-state index in [1.807, 2.05) is 13.8 Å². The molecule has 0 aromatic heterocycles. The molecule has 3 rings (SSSR count). The number of hydrogen-bond donors (Lipinski definition) is 0. The molecule has 3 aliphatic rings. The van der Waals surface area contributed by atoms with Gasteiger partial charge >= 0.3 is 0 Å². The van der Waals surface area contributed by atoms with Crippen LogP contribution in [0.15, 0.2) is 0 Å². The van der Waals surface area contributed by atoms with E-state index in [4.69, 9.17) is 0 Å². The largest absolute Gasteiger partial charge is 0.337 e. The first kappa shape index (κ1) is 18.4. The van der Waals surface area contributed by atoms with Crippen molar-refractivity contribution in [2.75, 3.05) is 26.2 Å². The van der Waals surface area contributed by atoms with Gasteiger partial charge in [0.25, 0.3) is 0 Å². The van der Waals surface area contributed by atoms with Gasteiger partial charge in [0.05, 0.1) is 0 Å². The van der Waals surface area contributed by atoms with Gasteiger partial charge in [-0.1, -0.05) is 20.8 Å². The molecule has 1 amide bonds. The second kappa shape index (κ2) is 7.78. The Morgan fingerprint density at radius 3 is 2.04 bits per heavy atom. The monoisotopic (exact) mass is 322 g/mol. The molecule has 4 heteroatoms. The number of amides is 1. The highest BCUT2D eigenvalue weighted by Gasteiger charge is 2.54. The van der Waals surface area contributed by atoms with Crippen molar-refractivity contribution in [3.05, 3.63) is 0 Å². The van der Waals surface area contributed by atoms with Crippen molar-refractivity contribution in [3.63, 3.8) is 0 Å². The summed E-state index contributed by atoms with van der Waals surface area (Å²) < 4.78 is 0. The first-order valence-corrected chi connectivity index (χ1v) is 9.60. The maximum absolute atomic E-state index is 12.9. The van der Waals surface area contributed by atoms with Crippen LogP contribution in [-0.4, -0.2) is 53.2 Å². The SMILES string of the molecule is CC.CCN1CCC(C(=O)N2CCC(C(C)=O)CC23CC3)CC1. The molecule has 0 radical (unpaired) electrons. The Bertz CT molecular complexity index is 423. The van der Waals surface area contributed by atoms with Gasteiger partial charge in [-0.05, 0) is 65.1 Å². The van der Waals surface area contributed by atoms with Gasteiger partial charge < -0.3 is 9.80 Å². The minimum Gasteiger partial charge on any atom is -0.337 e. The van der Waals surface area contributed by atoms with Crippen LogP contribution in [0.25, 0.3) is 0 Å². The lowest BCUT2D eigenvalue weighted by atomic mass is 9.84. The van der Waals surface area contributed by atoms with E-state index in [9.17, 15) is 9.59 Å².